The van der Waals surface area contributed by atoms with E-state index in [0.29, 0.717) is 0 Å². The fraction of sp³-hybridized carbons (Fsp3) is 0.917. The Labute approximate surface area is 84.5 Å². The molecule has 0 aromatic rings. The van der Waals surface area contributed by atoms with Crippen molar-refractivity contribution >= 4 is 0 Å². The molecule has 0 saturated carbocycles. The summed E-state index contributed by atoms with van der Waals surface area (Å²) in [5, 5.41) is 0. The third-order valence-electron chi connectivity index (χ3n) is 1.97. The summed E-state index contributed by atoms with van der Waals surface area (Å²) in [7, 11) is 0. The Morgan fingerprint density at radius 3 is 1.77 bits per heavy atom. The van der Waals surface area contributed by atoms with E-state index in [0.717, 1.165) is 18.3 Å². The second-order valence-corrected chi connectivity index (χ2v) is 4.75. The fourth-order valence-corrected chi connectivity index (χ4v) is 1.63. The Hall–Kier alpha value is -0.0400. The molecular formula is C12H26N. The van der Waals surface area contributed by atoms with Crippen LogP contribution in [0.4, 0.5) is 0 Å². The second kappa shape index (κ2) is 7.37. The summed E-state index contributed by atoms with van der Waals surface area (Å²) in [6.45, 7) is 16.7. The molecule has 0 N–H and O–H groups in total. The van der Waals surface area contributed by atoms with Gasteiger partial charge in [-0.05, 0) is 24.8 Å². The van der Waals surface area contributed by atoms with Crippen LogP contribution in [0.2, 0.25) is 0 Å². The molecule has 0 atom stereocenters. The minimum Gasteiger partial charge on any atom is -0.303 e. The van der Waals surface area contributed by atoms with E-state index in [1.807, 2.05) is 0 Å². The van der Waals surface area contributed by atoms with Crippen LogP contribution in [0.5, 0.6) is 0 Å². The summed E-state index contributed by atoms with van der Waals surface area (Å²) in [5.41, 5.74) is 0. The van der Waals surface area contributed by atoms with Crippen LogP contribution >= 0.6 is 0 Å². The first-order valence-corrected chi connectivity index (χ1v) is 5.57. The number of hydrogen-bond acceptors (Lipinski definition) is 1. The monoisotopic (exact) mass is 184 g/mol. The maximum Gasteiger partial charge on any atom is 0.000449 e. The highest BCUT2D eigenvalue weighted by Gasteiger charge is 2.07. The molecule has 0 aliphatic heterocycles. The third kappa shape index (κ3) is 8.29. The van der Waals surface area contributed by atoms with E-state index in [1.165, 1.54) is 26.1 Å². The van der Waals surface area contributed by atoms with Gasteiger partial charge in [-0.2, -0.15) is 0 Å². The van der Waals surface area contributed by atoms with E-state index < -0.39 is 0 Å². The van der Waals surface area contributed by atoms with Gasteiger partial charge in [0.25, 0.3) is 0 Å². The van der Waals surface area contributed by atoms with Crippen LogP contribution in [0.15, 0.2) is 0 Å². The average molecular weight is 184 g/mol. The van der Waals surface area contributed by atoms with E-state index >= 15 is 0 Å². The summed E-state index contributed by atoms with van der Waals surface area (Å²) in [5.74, 6) is 1.56. The van der Waals surface area contributed by atoms with Crippen molar-refractivity contribution in [3.63, 3.8) is 0 Å². The topological polar surface area (TPSA) is 3.24 Å². The van der Waals surface area contributed by atoms with E-state index in [1.54, 1.807) is 0 Å². The summed E-state index contributed by atoms with van der Waals surface area (Å²) in [6.07, 6.45) is 2.30. The minimum absolute atomic E-state index is 0.781. The van der Waals surface area contributed by atoms with Gasteiger partial charge in [-0.3, -0.25) is 0 Å². The zero-order chi connectivity index (χ0) is 10.3. The smallest absolute Gasteiger partial charge is 0.000449 e. The summed E-state index contributed by atoms with van der Waals surface area (Å²) >= 11 is 0. The van der Waals surface area contributed by atoms with Gasteiger partial charge in [0.15, 0.2) is 0 Å². The third-order valence-corrected chi connectivity index (χ3v) is 1.97. The van der Waals surface area contributed by atoms with Crippen LogP contribution in [0.1, 0.15) is 40.5 Å². The Morgan fingerprint density at radius 2 is 1.46 bits per heavy atom. The van der Waals surface area contributed by atoms with Gasteiger partial charge in [0, 0.05) is 13.1 Å². The largest absolute Gasteiger partial charge is 0.303 e. The molecule has 0 aliphatic carbocycles. The normalized spacial score (nSPS) is 12.0. The molecular weight excluding hydrogens is 158 g/mol. The maximum absolute atomic E-state index is 3.89. The molecule has 0 unspecified atom stereocenters. The lowest BCUT2D eigenvalue weighted by Crippen LogP contribution is -2.32. The van der Waals surface area contributed by atoms with Gasteiger partial charge in [0.1, 0.15) is 0 Å². The molecule has 0 amide bonds. The Bertz CT molecular complexity index is 97.7. The molecule has 0 aromatic heterocycles. The lowest BCUT2D eigenvalue weighted by Gasteiger charge is -2.25. The van der Waals surface area contributed by atoms with Crippen molar-refractivity contribution in [2.45, 2.75) is 40.5 Å². The van der Waals surface area contributed by atoms with Gasteiger partial charge < -0.3 is 4.90 Å². The first-order valence-electron chi connectivity index (χ1n) is 5.57. The number of hydrogen-bond donors (Lipinski definition) is 0. The van der Waals surface area contributed by atoms with Crippen molar-refractivity contribution in [2.24, 2.45) is 11.8 Å². The van der Waals surface area contributed by atoms with Gasteiger partial charge in [-0.15, -0.1) is 0 Å². The summed E-state index contributed by atoms with van der Waals surface area (Å²) < 4.78 is 0. The number of unbranched alkanes of at least 4 members (excludes halogenated alkanes) is 1. The SMILES string of the molecule is [CH2]CCCN(CC(C)C)CC(C)C. The van der Waals surface area contributed by atoms with E-state index in [2.05, 4.69) is 39.5 Å². The predicted octanol–water partition coefficient (Wildman–Crippen LogP) is 3.21. The molecule has 0 rings (SSSR count). The molecule has 0 bridgehead atoms. The molecule has 1 nitrogen and oxygen atoms in total. The van der Waals surface area contributed by atoms with Crippen molar-refractivity contribution in [3.8, 4) is 0 Å². The van der Waals surface area contributed by atoms with Crippen LogP contribution in [-0.4, -0.2) is 24.5 Å². The van der Waals surface area contributed by atoms with Gasteiger partial charge in [-0.25, -0.2) is 0 Å². The van der Waals surface area contributed by atoms with Crippen LogP contribution < -0.4 is 0 Å². The highest BCUT2D eigenvalue weighted by molar-refractivity contribution is 4.62. The number of rotatable bonds is 7. The predicted molar refractivity (Wildman–Crippen MR) is 60.7 cm³/mol. The van der Waals surface area contributed by atoms with Gasteiger partial charge >= 0.3 is 0 Å². The standard InChI is InChI=1S/C12H26N/c1-6-7-8-13(9-11(2)3)10-12(4)5/h11-12H,1,6-10H2,2-5H3. The molecule has 1 heteroatoms. The Morgan fingerprint density at radius 1 is 1.00 bits per heavy atom. The van der Waals surface area contributed by atoms with Crippen molar-refractivity contribution in [3.05, 3.63) is 6.92 Å². The van der Waals surface area contributed by atoms with Gasteiger partial charge in [-0.1, -0.05) is 41.0 Å². The summed E-state index contributed by atoms with van der Waals surface area (Å²) in [6, 6.07) is 0. The van der Waals surface area contributed by atoms with E-state index in [-0.39, 0.29) is 0 Å². The molecule has 0 aromatic carbocycles. The van der Waals surface area contributed by atoms with Crippen molar-refractivity contribution in [2.75, 3.05) is 19.6 Å². The van der Waals surface area contributed by atoms with Crippen LogP contribution in [-0.2, 0) is 0 Å². The minimum atomic E-state index is 0.781. The number of nitrogens with zero attached hydrogens (tertiary/aromatic N) is 1. The van der Waals surface area contributed by atoms with Crippen LogP contribution in [0, 0.1) is 18.8 Å². The quantitative estimate of drug-likeness (QED) is 0.587. The highest BCUT2D eigenvalue weighted by Crippen LogP contribution is 2.05. The zero-order valence-corrected chi connectivity index (χ0v) is 9.84. The first-order chi connectivity index (χ1) is 6.06. The fourth-order valence-electron chi connectivity index (χ4n) is 1.63. The molecule has 0 saturated heterocycles. The highest BCUT2D eigenvalue weighted by atomic mass is 15.1. The molecule has 0 fully saturated rings. The molecule has 0 heterocycles. The zero-order valence-electron chi connectivity index (χ0n) is 9.84. The maximum atomic E-state index is 3.89. The Balaban J connectivity index is 3.73. The second-order valence-electron chi connectivity index (χ2n) is 4.75. The van der Waals surface area contributed by atoms with Gasteiger partial charge in [0.2, 0.25) is 0 Å². The van der Waals surface area contributed by atoms with E-state index in [9.17, 15) is 0 Å². The molecule has 0 spiro atoms. The average Bonchev–Trinajstić information content (AvgIpc) is 1.98. The lowest BCUT2D eigenvalue weighted by atomic mass is 10.1. The van der Waals surface area contributed by atoms with Crippen molar-refractivity contribution in [1.29, 1.82) is 0 Å². The van der Waals surface area contributed by atoms with Crippen LogP contribution in [0.3, 0.4) is 0 Å². The molecule has 13 heavy (non-hydrogen) atoms. The van der Waals surface area contributed by atoms with Crippen molar-refractivity contribution < 1.29 is 0 Å². The summed E-state index contributed by atoms with van der Waals surface area (Å²) in [4.78, 5) is 2.57. The molecule has 79 valence electrons. The van der Waals surface area contributed by atoms with Gasteiger partial charge in [0.05, 0.1) is 0 Å². The lowest BCUT2D eigenvalue weighted by molar-refractivity contribution is 0.217. The van der Waals surface area contributed by atoms with E-state index in [4.69, 9.17) is 0 Å². The first kappa shape index (κ1) is 13.0. The van der Waals surface area contributed by atoms with Crippen LogP contribution in [0.25, 0.3) is 0 Å². The molecule has 0 aliphatic rings. The molecule has 1 radical (unpaired) electrons. The van der Waals surface area contributed by atoms with Crippen molar-refractivity contribution in [1.82, 2.24) is 4.90 Å². The Kier molecular flexibility index (Phi) is 7.35.